The minimum atomic E-state index is 0.134. The number of methoxy groups -OCH3 is 2. The molecule has 0 N–H and O–H groups in total. The van der Waals surface area contributed by atoms with Crippen molar-refractivity contribution >= 4 is 5.91 Å². The van der Waals surface area contributed by atoms with E-state index in [0.29, 0.717) is 13.1 Å². The molecule has 0 bridgehead atoms. The number of piperazine rings is 1. The molecule has 2 aromatic carbocycles. The van der Waals surface area contributed by atoms with Gasteiger partial charge < -0.3 is 14.4 Å². The van der Waals surface area contributed by atoms with Gasteiger partial charge in [0.25, 0.3) is 0 Å². The van der Waals surface area contributed by atoms with E-state index in [1.807, 2.05) is 37.4 Å². The summed E-state index contributed by atoms with van der Waals surface area (Å²) in [5.41, 5.74) is 3.49. The number of hydrogen-bond donors (Lipinski definition) is 0. The zero-order valence-corrected chi connectivity index (χ0v) is 18.6. The van der Waals surface area contributed by atoms with Crippen LogP contribution in [0.2, 0.25) is 0 Å². The maximum atomic E-state index is 12.7. The highest BCUT2D eigenvalue weighted by Gasteiger charge is 2.21. The van der Waals surface area contributed by atoms with Crippen molar-refractivity contribution in [3.8, 4) is 11.5 Å². The maximum absolute atomic E-state index is 12.7. The van der Waals surface area contributed by atoms with E-state index >= 15 is 0 Å². The molecule has 0 saturated carbocycles. The van der Waals surface area contributed by atoms with Crippen LogP contribution in [0.4, 0.5) is 0 Å². The standard InChI is InChI=1S/C24H33N3O3/c1-19-9-10-23(30-4)21(15-19)17-26-11-13-27(14-12-26)18-24(28)25(2)16-20-7-5-6-8-22(20)29-3/h5-10,15H,11-14,16-18H2,1-4H3. The highest BCUT2D eigenvalue weighted by Crippen LogP contribution is 2.22. The largest absolute Gasteiger partial charge is 0.496 e. The van der Waals surface area contributed by atoms with Gasteiger partial charge >= 0.3 is 0 Å². The first-order valence-electron chi connectivity index (χ1n) is 10.4. The van der Waals surface area contributed by atoms with Crippen LogP contribution in [0, 0.1) is 6.92 Å². The molecule has 1 amide bonds. The van der Waals surface area contributed by atoms with Crippen molar-refractivity contribution < 1.29 is 14.3 Å². The number of aryl methyl sites for hydroxylation is 1. The lowest BCUT2D eigenvalue weighted by Crippen LogP contribution is -2.49. The van der Waals surface area contributed by atoms with Crippen molar-refractivity contribution in [3.05, 3.63) is 59.2 Å². The Morgan fingerprint density at radius 2 is 1.57 bits per heavy atom. The molecule has 0 spiro atoms. The quantitative estimate of drug-likeness (QED) is 0.668. The first kappa shape index (κ1) is 22.1. The van der Waals surface area contributed by atoms with Crippen molar-refractivity contribution in [2.45, 2.75) is 20.0 Å². The lowest BCUT2D eigenvalue weighted by atomic mass is 10.1. The highest BCUT2D eigenvalue weighted by atomic mass is 16.5. The number of carbonyl (C=O) groups is 1. The molecule has 0 atom stereocenters. The van der Waals surface area contributed by atoms with Crippen LogP contribution in [0.3, 0.4) is 0 Å². The monoisotopic (exact) mass is 411 g/mol. The molecule has 162 valence electrons. The summed E-state index contributed by atoms with van der Waals surface area (Å²) in [4.78, 5) is 19.2. The second kappa shape index (κ2) is 10.5. The van der Waals surface area contributed by atoms with E-state index in [1.54, 1.807) is 19.1 Å². The van der Waals surface area contributed by atoms with Gasteiger partial charge in [0.05, 0.1) is 20.8 Å². The molecule has 6 heteroatoms. The van der Waals surface area contributed by atoms with Crippen LogP contribution < -0.4 is 9.47 Å². The molecule has 1 aliphatic rings. The minimum absolute atomic E-state index is 0.134. The first-order chi connectivity index (χ1) is 14.5. The Morgan fingerprint density at radius 1 is 0.933 bits per heavy atom. The normalized spacial score (nSPS) is 15.1. The van der Waals surface area contributed by atoms with E-state index in [-0.39, 0.29) is 5.91 Å². The number of rotatable bonds is 8. The lowest BCUT2D eigenvalue weighted by molar-refractivity contribution is -0.132. The fraction of sp³-hybridized carbons (Fsp3) is 0.458. The second-order valence-electron chi connectivity index (χ2n) is 7.93. The average molecular weight is 412 g/mol. The van der Waals surface area contributed by atoms with Gasteiger partial charge in [-0.05, 0) is 19.1 Å². The Bertz CT molecular complexity index is 847. The Hall–Kier alpha value is -2.57. The summed E-state index contributed by atoms with van der Waals surface area (Å²) in [5, 5.41) is 0. The van der Waals surface area contributed by atoms with Crippen LogP contribution in [0.1, 0.15) is 16.7 Å². The van der Waals surface area contributed by atoms with E-state index in [9.17, 15) is 4.79 Å². The van der Waals surface area contributed by atoms with Crippen LogP contribution in [0.15, 0.2) is 42.5 Å². The van der Waals surface area contributed by atoms with Gasteiger partial charge in [-0.1, -0.05) is 35.9 Å². The predicted molar refractivity (Wildman–Crippen MR) is 119 cm³/mol. The summed E-state index contributed by atoms with van der Waals surface area (Å²) < 4.78 is 10.9. The molecule has 1 saturated heterocycles. The van der Waals surface area contributed by atoms with Crippen LogP contribution in [0.25, 0.3) is 0 Å². The molecule has 0 aliphatic carbocycles. The topological polar surface area (TPSA) is 45.2 Å². The van der Waals surface area contributed by atoms with E-state index < -0.39 is 0 Å². The van der Waals surface area contributed by atoms with Gasteiger partial charge in [0, 0.05) is 57.4 Å². The second-order valence-corrected chi connectivity index (χ2v) is 7.93. The SMILES string of the molecule is COc1ccc(C)cc1CN1CCN(CC(=O)N(C)Cc2ccccc2OC)CC1. The zero-order chi connectivity index (χ0) is 21.5. The van der Waals surface area contributed by atoms with Gasteiger partial charge in [-0.3, -0.25) is 14.6 Å². The number of para-hydroxylation sites is 1. The number of carbonyl (C=O) groups excluding carboxylic acids is 1. The van der Waals surface area contributed by atoms with Gasteiger partial charge in [0.15, 0.2) is 0 Å². The zero-order valence-electron chi connectivity index (χ0n) is 18.6. The summed E-state index contributed by atoms with van der Waals surface area (Å²) in [6.07, 6.45) is 0. The number of nitrogens with zero attached hydrogens (tertiary/aromatic N) is 3. The van der Waals surface area contributed by atoms with Crippen molar-refractivity contribution in [2.24, 2.45) is 0 Å². The number of amides is 1. The third-order valence-corrected chi connectivity index (χ3v) is 5.68. The van der Waals surface area contributed by atoms with Crippen molar-refractivity contribution in [2.75, 3.05) is 54.0 Å². The molecule has 1 heterocycles. The number of ether oxygens (including phenoxy) is 2. The molecule has 0 radical (unpaired) electrons. The van der Waals surface area contributed by atoms with Crippen molar-refractivity contribution in [1.29, 1.82) is 0 Å². The smallest absolute Gasteiger partial charge is 0.236 e. The highest BCUT2D eigenvalue weighted by molar-refractivity contribution is 5.78. The summed E-state index contributed by atoms with van der Waals surface area (Å²) in [6, 6.07) is 14.2. The fourth-order valence-electron chi connectivity index (χ4n) is 3.87. The Balaban J connectivity index is 1.48. The summed E-state index contributed by atoms with van der Waals surface area (Å²) in [6.45, 7) is 7.66. The molecule has 1 aliphatic heterocycles. The predicted octanol–water partition coefficient (Wildman–Crippen LogP) is 2.79. The van der Waals surface area contributed by atoms with E-state index in [4.69, 9.17) is 9.47 Å². The van der Waals surface area contributed by atoms with Crippen LogP contribution >= 0.6 is 0 Å². The molecule has 1 fully saturated rings. The van der Waals surface area contributed by atoms with Crippen molar-refractivity contribution in [1.82, 2.24) is 14.7 Å². The molecule has 30 heavy (non-hydrogen) atoms. The molecule has 2 aromatic rings. The average Bonchev–Trinajstić information content (AvgIpc) is 2.75. The maximum Gasteiger partial charge on any atom is 0.236 e. The Kier molecular flexibility index (Phi) is 7.71. The molecule has 3 rings (SSSR count). The molecule has 0 unspecified atom stereocenters. The molecular formula is C24H33N3O3. The van der Waals surface area contributed by atoms with Gasteiger partial charge in [-0.2, -0.15) is 0 Å². The third-order valence-electron chi connectivity index (χ3n) is 5.68. The van der Waals surface area contributed by atoms with Crippen molar-refractivity contribution in [3.63, 3.8) is 0 Å². The van der Waals surface area contributed by atoms with E-state index in [0.717, 1.165) is 49.8 Å². The lowest BCUT2D eigenvalue weighted by Gasteiger charge is -2.35. The van der Waals surface area contributed by atoms with Crippen LogP contribution in [-0.4, -0.2) is 74.6 Å². The first-order valence-corrected chi connectivity index (χ1v) is 10.4. The summed E-state index contributed by atoms with van der Waals surface area (Å²) in [5.74, 6) is 1.89. The summed E-state index contributed by atoms with van der Waals surface area (Å²) >= 11 is 0. The Labute approximate surface area is 180 Å². The van der Waals surface area contributed by atoms with Gasteiger partial charge in [-0.25, -0.2) is 0 Å². The van der Waals surface area contributed by atoms with Crippen LogP contribution in [-0.2, 0) is 17.9 Å². The number of benzene rings is 2. The molecular weight excluding hydrogens is 378 g/mol. The number of likely N-dealkylation sites (N-methyl/N-ethyl adjacent to an activating group) is 1. The van der Waals surface area contributed by atoms with Gasteiger partial charge in [0.2, 0.25) is 5.91 Å². The van der Waals surface area contributed by atoms with Crippen LogP contribution in [0.5, 0.6) is 11.5 Å². The van der Waals surface area contributed by atoms with E-state index in [1.165, 1.54) is 11.1 Å². The Morgan fingerprint density at radius 3 is 2.27 bits per heavy atom. The summed E-state index contributed by atoms with van der Waals surface area (Å²) in [7, 11) is 5.24. The third kappa shape index (κ3) is 5.74. The van der Waals surface area contributed by atoms with E-state index in [2.05, 4.69) is 28.9 Å². The number of hydrogen-bond acceptors (Lipinski definition) is 5. The fourth-order valence-corrected chi connectivity index (χ4v) is 3.87. The minimum Gasteiger partial charge on any atom is -0.496 e. The molecule has 0 aromatic heterocycles. The van der Waals surface area contributed by atoms with Gasteiger partial charge in [0.1, 0.15) is 11.5 Å². The van der Waals surface area contributed by atoms with Gasteiger partial charge in [-0.15, -0.1) is 0 Å². The molecule has 6 nitrogen and oxygen atoms in total.